The molecular weight excluding hydrogens is 382 g/mol. The molecule has 0 unspecified atom stereocenters. The Bertz CT molecular complexity index is 1220. The number of rotatable bonds is 5. The molecule has 0 saturated carbocycles. The van der Waals surface area contributed by atoms with Crippen LogP contribution in [0, 0.1) is 25.2 Å². The van der Waals surface area contributed by atoms with E-state index in [1.807, 2.05) is 24.3 Å². The molecule has 2 aromatic heterocycles. The molecule has 0 aliphatic carbocycles. The van der Waals surface area contributed by atoms with E-state index >= 15 is 0 Å². The third kappa shape index (κ3) is 4.05. The van der Waals surface area contributed by atoms with Crippen molar-refractivity contribution in [1.82, 2.24) is 25.6 Å². The Labute approximate surface area is 171 Å². The average molecular weight is 399 g/mol. The van der Waals surface area contributed by atoms with Crippen molar-refractivity contribution in [2.75, 3.05) is 5.32 Å². The van der Waals surface area contributed by atoms with Crippen LogP contribution in [0.1, 0.15) is 17.0 Å². The van der Waals surface area contributed by atoms with Crippen LogP contribution in [0.25, 0.3) is 27.4 Å². The van der Waals surface area contributed by atoms with Gasteiger partial charge < -0.3 is 5.32 Å². The fraction of sp³-hybridized carbons (Fsp3) is 0.0952. The van der Waals surface area contributed by atoms with Crippen molar-refractivity contribution in [3.05, 3.63) is 71.0 Å². The van der Waals surface area contributed by atoms with Gasteiger partial charge in [0.05, 0.1) is 5.69 Å². The molecule has 0 saturated heterocycles. The summed E-state index contributed by atoms with van der Waals surface area (Å²) in [6.45, 7) is 4.22. The second-order valence-corrected chi connectivity index (χ2v) is 7.33. The van der Waals surface area contributed by atoms with E-state index < -0.39 is 0 Å². The Morgan fingerprint density at radius 2 is 2.03 bits per heavy atom. The quantitative estimate of drug-likeness (QED) is 0.476. The highest BCUT2D eigenvalue weighted by Gasteiger charge is 2.09. The van der Waals surface area contributed by atoms with Crippen molar-refractivity contribution < 1.29 is 0 Å². The highest BCUT2D eigenvalue weighted by atomic mass is 32.1. The van der Waals surface area contributed by atoms with Gasteiger partial charge in [-0.25, -0.2) is 4.98 Å². The predicted molar refractivity (Wildman–Crippen MR) is 114 cm³/mol. The number of allylic oxidation sites excluding steroid dienone is 1. The molecule has 0 radical (unpaired) electrons. The van der Waals surface area contributed by atoms with Crippen LogP contribution in [0.4, 0.5) is 5.69 Å². The van der Waals surface area contributed by atoms with Gasteiger partial charge in [0.25, 0.3) is 0 Å². The molecule has 0 spiro atoms. The summed E-state index contributed by atoms with van der Waals surface area (Å²) in [6, 6.07) is 16.3. The lowest BCUT2D eigenvalue weighted by Crippen LogP contribution is -1.93. The fourth-order valence-electron chi connectivity index (χ4n) is 2.76. The zero-order valence-corrected chi connectivity index (χ0v) is 16.7. The first-order valence-electron chi connectivity index (χ1n) is 8.88. The lowest BCUT2D eigenvalue weighted by atomic mass is 10.1. The highest BCUT2D eigenvalue weighted by molar-refractivity contribution is 7.13. The number of tetrazole rings is 1. The van der Waals surface area contributed by atoms with Gasteiger partial charge in [0.15, 0.2) is 0 Å². The Kier molecular flexibility index (Phi) is 5.14. The van der Waals surface area contributed by atoms with Crippen molar-refractivity contribution in [2.24, 2.45) is 0 Å². The number of aromatic amines is 1. The summed E-state index contributed by atoms with van der Waals surface area (Å²) >= 11 is 1.60. The van der Waals surface area contributed by atoms with Gasteiger partial charge in [-0.1, -0.05) is 24.3 Å². The van der Waals surface area contributed by atoms with Gasteiger partial charge in [-0.2, -0.15) is 10.5 Å². The molecule has 0 aliphatic rings. The number of nitrogens with zero attached hydrogens (tertiary/aromatic N) is 5. The van der Waals surface area contributed by atoms with Crippen molar-refractivity contribution in [2.45, 2.75) is 13.8 Å². The summed E-state index contributed by atoms with van der Waals surface area (Å²) in [7, 11) is 0. The third-order valence-electron chi connectivity index (χ3n) is 4.51. The first-order chi connectivity index (χ1) is 14.1. The molecule has 0 aliphatic heterocycles. The van der Waals surface area contributed by atoms with E-state index in [0.717, 1.165) is 27.5 Å². The Balaban J connectivity index is 1.57. The molecule has 0 atom stereocenters. The van der Waals surface area contributed by atoms with Gasteiger partial charge in [-0.05, 0) is 48.4 Å². The van der Waals surface area contributed by atoms with Crippen molar-refractivity contribution in [3.63, 3.8) is 0 Å². The van der Waals surface area contributed by atoms with Crippen LogP contribution in [-0.4, -0.2) is 25.6 Å². The number of benzene rings is 2. The maximum Gasteiger partial charge on any atom is 0.216 e. The number of nitrogens with one attached hydrogen (secondary N) is 2. The molecule has 2 aromatic carbocycles. The fourth-order valence-corrected chi connectivity index (χ4v) is 3.59. The van der Waals surface area contributed by atoms with E-state index in [2.05, 4.69) is 69.4 Å². The topological polar surface area (TPSA) is 103 Å². The molecular formula is C21H17N7S. The molecule has 0 fully saturated rings. The standard InChI is InChI=1S/C21H17N7S/c1-13-6-7-15(8-14(13)2)19-12-29-21(24-19)16-4-3-5-18(9-16)23-11-17(10-22)20-25-27-28-26-20/h3-9,11-12,23H,1-2H3,(H,25,26,27,28). The van der Waals surface area contributed by atoms with Crippen LogP contribution in [0.5, 0.6) is 0 Å². The van der Waals surface area contributed by atoms with Crippen LogP contribution in [-0.2, 0) is 0 Å². The Morgan fingerprint density at radius 1 is 1.14 bits per heavy atom. The molecule has 8 heteroatoms. The summed E-state index contributed by atoms with van der Waals surface area (Å²) in [5, 5.41) is 28.8. The summed E-state index contributed by atoms with van der Waals surface area (Å²) < 4.78 is 0. The zero-order valence-electron chi connectivity index (χ0n) is 15.8. The molecule has 2 heterocycles. The third-order valence-corrected chi connectivity index (χ3v) is 5.40. The van der Waals surface area contributed by atoms with Crippen molar-refractivity contribution in [3.8, 4) is 27.9 Å². The molecule has 0 bridgehead atoms. The molecule has 4 rings (SSSR count). The summed E-state index contributed by atoms with van der Waals surface area (Å²) in [6.07, 6.45) is 1.56. The first-order valence-corrected chi connectivity index (χ1v) is 9.76. The minimum Gasteiger partial charge on any atom is -0.360 e. The van der Waals surface area contributed by atoms with Crippen LogP contribution in [0.3, 0.4) is 0 Å². The second-order valence-electron chi connectivity index (χ2n) is 6.47. The summed E-state index contributed by atoms with van der Waals surface area (Å²) in [5.74, 6) is 0.245. The normalized spacial score (nSPS) is 11.3. The highest BCUT2D eigenvalue weighted by Crippen LogP contribution is 2.31. The first kappa shape index (κ1) is 18.5. The number of hydrogen-bond donors (Lipinski definition) is 2. The minimum absolute atomic E-state index is 0.245. The van der Waals surface area contributed by atoms with Crippen molar-refractivity contribution >= 4 is 22.6 Å². The van der Waals surface area contributed by atoms with Gasteiger partial charge >= 0.3 is 0 Å². The number of nitriles is 1. The lowest BCUT2D eigenvalue weighted by Gasteiger charge is -2.04. The molecule has 4 aromatic rings. The number of H-pyrrole nitrogens is 1. The number of aromatic nitrogens is 5. The monoisotopic (exact) mass is 399 g/mol. The number of hydrogen-bond acceptors (Lipinski definition) is 7. The van der Waals surface area contributed by atoms with Crippen LogP contribution < -0.4 is 5.32 Å². The van der Waals surface area contributed by atoms with E-state index in [-0.39, 0.29) is 11.4 Å². The van der Waals surface area contributed by atoms with E-state index in [9.17, 15) is 5.26 Å². The van der Waals surface area contributed by atoms with Crippen molar-refractivity contribution in [1.29, 1.82) is 5.26 Å². The number of anilines is 1. The maximum absolute atomic E-state index is 9.27. The number of thiazole rings is 1. The van der Waals surface area contributed by atoms with E-state index in [1.54, 1.807) is 17.5 Å². The molecule has 142 valence electrons. The maximum atomic E-state index is 9.27. The molecule has 7 nitrogen and oxygen atoms in total. The van der Waals surface area contributed by atoms with Gasteiger partial charge in [-0.15, -0.1) is 21.5 Å². The average Bonchev–Trinajstić information content (AvgIpc) is 3.43. The SMILES string of the molecule is Cc1ccc(-c2csc(-c3cccc(NC=C(C#N)c4nn[nH]n4)c3)n2)cc1C. The lowest BCUT2D eigenvalue weighted by molar-refractivity contribution is 0.881. The van der Waals surface area contributed by atoms with Gasteiger partial charge in [-0.3, -0.25) is 0 Å². The second kappa shape index (κ2) is 8.04. The molecule has 0 amide bonds. The van der Waals surface area contributed by atoms with Crippen LogP contribution in [0.2, 0.25) is 0 Å². The largest absolute Gasteiger partial charge is 0.360 e. The van der Waals surface area contributed by atoms with Crippen LogP contribution in [0.15, 0.2) is 54.0 Å². The van der Waals surface area contributed by atoms with Gasteiger partial charge in [0, 0.05) is 28.4 Å². The predicted octanol–water partition coefficient (Wildman–Crippen LogP) is 4.58. The summed E-state index contributed by atoms with van der Waals surface area (Å²) in [5.41, 5.74) is 6.74. The van der Waals surface area contributed by atoms with E-state index in [1.165, 1.54) is 11.1 Å². The van der Waals surface area contributed by atoms with Gasteiger partial charge in [0.1, 0.15) is 16.6 Å². The number of aryl methyl sites for hydroxylation is 2. The molecule has 29 heavy (non-hydrogen) atoms. The molecule has 2 N–H and O–H groups in total. The minimum atomic E-state index is 0.245. The Morgan fingerprint density at radius 3 is 2.79 bits per heavy atom. The smallest absolute Gasteiger partial charge is 0.216 e. The van der Waals surface area contributed by atoms with E-state index in [4.69, 9.17) is 4.98 Å². The Hall–Kier alpha value is -3.83. The summed E-state index contributed by atoms with van der Waals surface area (Å²) in [4.78, 5) is 4.81. The van der Waals surface area contributed by atoms with Crippen LogP contribution >= 0.6 is 11.3 Å². The zero-order chi connectivity index (χ0) is 20.2. The van der Waals surface area contributed by atoms with E-state index in [0.29, 0.717) is 0 Å². The van der Waals surface area contributed by atoms with Gasteiger partial charge in [0.2, 0.25) is 5.82 Å².